The Balaban J connectivity index is 1.44. The van der Waals surface area contributed by atoms with Gasteiger partial charge in [-0.2, -0.15) is 13.2 Å². The van der Waals surface area contributed by atoms with E-state index in [1.54, 1.807) is 16.0 Å². The fraction of sp³-hybridized carbons (Fsp3) is 0.455. The summed E-state index contributed by atoms with van der Waals surface area (Å²) >= 11 is 0. The largest absolute Gasteiger partial charge is 0.478 e. The van der Waals surface area contributed by atoms with E-state index in [-0.39, 0.29) is 35.8 Å². The second kappa shape index (κ2) is 14.4. The van der Waals surface area contributed by atoms with Gasteiger partial charge in [0.05, 0.1) is 17.7 Å². The van der Waals surface area contributed by atoms with Crippen LogP contribution in [0.15, 0.2) is 48.7 Å². The number of carbonyl (C=O) groups is 2. The molecule has 2 fully saturated rings. The van der Waals surface area contributed by atoms with Gasteiger partial charge in [-0.3, -0.25) is 9.59 Å². The molecule has 0 radical (unpaired) electrons. The van der Waals surface area contributed by atoms with E-state index < -0.39 is 11.9 Å². The van der Waals surface area contributed by atoms with Gasteiger partial charge < -0.3 is 30.5 Å². The van der Waals surface area contributed by atoms with Crippen molar-refractivity contribution >= 4 is 23.3 Å². The zero-order valence-electron chi connectivity index (χ0n) is 26.1. The zero-order chi connectivity index (χ0) is 32.8. The number of benzene rings is 1. The molecule has 0 bridgehead atoms. The van der Waals surface area contributed by atoms with E-state index in [0.29, 0.717) is 69.4 Å². The SMILES string of the molecule is CCOc1ncccc1-c1ccc(N2CCN(C(=O)c3ccc(C(F)(F)F)nc3N3CCCC3)C[C@H]2CC)c(C(=O)NCCN)c1. The number of hydrogen-bond donors (Lipinski definition) is 2. The average Bonchev–Trinajstić information content (AvgIpc) is 3.61. The number of anilines is 2. The predicted molar refractivity (Wildman–Crippen MR) is 170 cm³/mol. The topological polar surface area (TPSA) is 117 Å². The number of nitrogens with two attached hydrogens (primary N) is 1. The Morgan fingerprint density at radius 2 is 1.83 bits per heavy atom. The molecule has 3 N–H and O–H groups in total. The first kappa shape index (κ1) is 33.0. The molecule has 2 aromatic heterocycles. The number of pyridine rings is 2. The molecule has 246 valence electrons. The lowest BCUT2D eigenvalue weighted by Crippen LogP contribution is -2.55. The molecular formula is C33H40F3N7O3. The number of piperazine rings is 1. The molecule has 0 unspecified atom stereocenters. The summed E-state index contributed by atoms with van der Waals surface area (Å²) < 4.78 is 46.4. The highest BCUT2D eigenvalue weighted by atomic mass is 19.4. The van der Waals surface area contributed by atoms with E-state index >= 15 is 0 Å². The Bertz CT molecular complexity index is 1550. The van der Waals surface area contributed by atoms with Crippen molar-refractivity contribution in [1.82, 2.24) is 20.2 Å². The average molecular weight is 640 g/mol. The Morgan fingerprint density at radius 3 is 2.52 bits per heavy atom. The number of nitrogens with one attached hydrogen (secondary N) is 1. The van der Waals surface area contributed by atoms with E-state index in [2.05, 4.69) is 20.2 Å². The Morgan fingerprint density at radius 1 is 1.04 bits per heavy atom. The maximum Gasteiger partial charge on any atom is 0.433 e. The van der Waals surface area contributed by atoms with Crippen LogP contribution < -0.4 is 25.6 Å². The molecular weight excluding hydrogens is 599 g/mol. The maximum absolute atomic E-state index is 13.9. The summed E-state index contributed by atoms with van der Waals surface area (Å²) in [6.07, 6.45) is -0.637. The summed E-state index contributed by atoms with van der Waals surface area (Å²) in [6, 6.07) is 11.3. The van der Waals surface area contributed by atoms with Crippen LogP contribution in [0.25, 0.3) is 11.1 Å². The van der Waals surface area contributed by atoms with Gasteiger partial charge in [-0.1, -0.05) is 13.0 Å². The molecule has 0 saturated carbocycles. The molecule has 46 heavy (non-hydrogen) atoms. The number of amides is 2. The molecule has 0 aliphatic carbocycles. The van der Waals surface area contributed by atoms with Gasteiger partial charge in [-0.05, 0) is 68.1 Å². The summed E-state index contributed by atoms with van der Waals surface area (Å²) in [5.41, 5.74) is 7.53. The summed E-state index contributed by atoms with van der Waals surface area (Å²) in [7, 11) is 0. The molecule has 2 amide bonds. The molecule has 0 spiro atoms. The van der Waals surface area contributed by atoms with Gasteiger partial charge in [0.1, 0.15) is 11.5 Å². The lowest BCUT2D eigenvalue weighted by molar-refractivity contribution is -0.141. The molecule has 13 heteroatoms. The highest BCUT2D eigenvalue weighted by Crippen LogP contribution is 2.35. The highest BCUT2D eigenvalue weighted by molar-refractivity contribution is 6.02. The number of carbonyl (C=O) groups excluding carboxylic acids is 2. The number of ether oxygens (including phenoxy) is 1. The van der Waals surface area contributed by atoms with Crippen LogP contribution in [0.4, 0.5) is 24.7 Å². The minimum Gasteiger partial charge on any atom is -0.478 e. The van der Waals surface area contributed by atoms with Gasteiger partial charge in [0.2, 0.25) is 5.88 Å². The van der Waals surface area contributed by atoms with E-state index in [1.807, 2.05) is 44.2 Å². The Kier molecular flexibility index (Phi) is 10.3. The van der Waals surface area contributed by atoms with Crippen LogP contribution in [0, 0.1) is 0 Å². The van der Waals surface area contributed by atoms with Crippen LogP contribution in [-0.2, 0) is 6.18 Å². The quantitative estimate of drug-likeness (QED) is 0.331. The van der Waals surface area contributed by atoms with Gasteiger partial charge in [0.25, 0.3) is 11.8 Å². The molecule has 5 rings (SSSR count). The first-order valence-electron chi connectivity index (χ1n) is 15.8. The zero-order valence-corrected chi connectivity index (χ0v) is 26.1. The molecule has 2 aliphatic rings. The lowest BCUT2D eigenvalue weighted by Gasteiger charge is -2.43. The lowest BCUT2D eigenvalue weighted by atomic mass is 9.99. The third-order valence-electron chi connectivity index (χ3n) is 8.39. The molecule has 2 saturated heterocycles. The molecule has 1 aromatic carbocycles. The Labute approximate surface area is 266 Å². The van der Waals surface area contributed by atoms with Gasteiger partial charge in [0, 0.05) is 69.3 Å². The van der Waals surface area contributed by atoms with Crippen molar-refractivity contribution in [3.05, 3.63) is 65.5 Å². The predicted octanol–water partition coefficient (Wildman–Crippen LogP) is 4.59. The number of halogens is 3. The smallest absolute Gasteiger partial charge is 0.433 e. The van der Waals surface area contributed by atoms with E-state index in [0.717, 1.165) is 30.0 Å². The summed E-state index contributed by atoms with van der Waals surface area (Å²) in [6.45, 7) is 7.09. The van der Waals surface area contributed by atoms with Crippen molar-refractivity contribution in [3.63, 3.8) is 0 Å². The molecule has 3 aromatic rings. The van der Waals surface area contributed by atoms with Crippen molar-refractivity contribution in [1.29, 1.82) is 0 Å². The number of alkyl halides is 3. The monoisotopic (exact) mass is 639 g/mol. The highest BCUT2D eigenvalue weighted by Gasteiger charge is 2.37. The van der Waals surface area contributed by atoms with Crippen LogP contribution >= 0.6 is 0 Å². The third-order valence-corrected chi connectivity index (χ3v) is 8.39. The summed E-state index contributed by atoms with van der Waals surface area (Å²) in [5.74, 6) is -0.0686. The van der Waals surface area contributed by atoms with Crippen LogP contribution in [-0.4, -0.2) is 85.1 Å². The maximum atomic E-state index is 13.9. The number of nitrogens with zero attached hydrogens (tertiary/aromatic N) is 5. The van der Waals surface area contributed by atoms with Crippen molar-refractivity contribution < 1.29 is 27.5 Å². The van der Waals surface area contributed by atoms with E-state index in [4.69, 9.17) is 10.5 Å². The van der Waals surface area contributed by atoms with E-state index in [9.17, 15) is 22.8 Å². The van der Waals surface area contributed by atoms with Crippen molar-refractivity contribution in [2.24, 2.45) is 5.73 Å². The van der Waals surface area contributed by atoms with Gasteiger partial charge in [-0.25, -0.2) is 9.97 Å². The second-order valence-corrected chi connectivity index (χ2v) is 11.3. The normalized spacial score (nSPS) is 16.9. The van der Waals surface area contributed by atoms with Crippen LogP contribution in [0.5, 0.6) is 5.88 Å². The minimum atomic E-state index is -4.61. The first-order chi connectivity index (χ1) is 22.2. The summed E-state index contributed by atoms with van der Waals surface area (Å²) in [5, 5.41) is 2.88. The van der Waals surface area contributed by atoms with Crippen molar-refractivity contribution in [2.75, 3.05) is 62.2 Å². The number of rotatable bonds is 10. The number of hydrogen-bond acceptors (Lipinski definition) is 8. The van der Waals surface area contributed by atoms with Gasteiger partial charge in [0.15, 0.2) is 0 Å². The molecule has 4 heterocycles. The van der Waals surface area contributed by atoms with Crippen molar-refractivity contribution in [2.45, 2.75) is 45.3 Å². The minimum absolute atomic E-state index is 0.0871. The van der Waals surface area contributed by atoms with Crippen LogP contribution in [0.3, 0.4) is 0 Å². The van der Waals surface area contributed by atoms with Crippen LogP contribution in [0.1, 0.15) is 59.5 Å². The fourth-order valence-corrected chi connectivity index (χ4v) is 6.10. The second-order valence-electron chi connectivity index (χ2n) is 11.3. The third kappa shape index (κ3) is 7.04. The Hall–Kier alpha value is -4.39. The standard InChI is InChI=1S/C33H40F3N7O3/c1-3-23-21-42(32(45)25-10-12-28(33(34,35)36)40-29(25)41-16-5-6-17-41)18-19-43(23)27-11-9-22(20-26(27)30(44)38-15-13-37)24-8-7-14-39-31(24)46-4-2/h7-12,14,20,23H,3-6,13,15-19,21,37H2,1-2H3,(H,38,44)/t23-/m1/s1. The molecule has 10 nitrogen and oxygen atoms in total. The molecule has 1 atom stereocenters. The number of aromatic nitrogens is 2. The van der Waals surface area contributed by atoms with Crippen molar-refractivity contribution in [3.8, 4) is 17.0 Å². The van der Waals surface area contributed by atoms with E-state index in [1.165, 1.54) is 6.07 Å². The van der Waals surface area contributed by atoms with Gasteiger partial charge >= 0.3 is 6.18 Å². The first-order valence-corrected chi connectivity index (χ1v) is 15.8. The fourth-order valence-electron chi connectivity index (χ4n) is 6.10. The van der Waals surface area contributed by atoms with Gasteiger partial charge in [-0.15, -0.1) is 0 Å². The molecule has 2 aliphatic heterocycles. The van der Waals surface area contributed by atoms with Crippen LogP contribution in [0.2, 0.25) is 0 Å². The summed E-state index contributed by atoms with van der Waals surface area (Å²) in [4.78, 5) is 41.2.